The molecular weight excluding hydrogens is 446 g/mol. The Morgan fingerprint density at radius 1 is 1.18 bits per heavy atom. The van der Waals surface area contributed by atoms with Gasteiger partial charge in [0.05, 0.1) is 12.2 Å². The van der Waals surface area contributed by atoms with E-state index in [9.17, 15) is 14.4 Å². The van der Waals surface area contributed by atoms with E-state index in [2.05, 4.69) is 25.3 Å². The molecule has 0 saturated carbocycles. The molecular formula is C21H21N7O4S. The van der Waals surface area contributed by atoms with Crippen LogP contribution in [0.15, 0.2) is 35.4 Å². The summed E-state index contributed by atoms with van der Waals surface area (Å²) < 4.78 is 8.09. The minimum atomic E-state index is -0.455. The molecule has 1 amide bonds. The molecule has 4 aromatic rings. The number of benzene rings is 1. The van der Waals surface area contributed by atoms with Crippen molar-refractivity contribution in [3.8, 4) is 0 Å². The van der Waals surface area contributed by atoms with Crippen LogP contribution in [0.5, 0.6) is 0 Å². The summed E-state index contributed by atoms with van der Waals surface area (Å²) in [5, 5.41) is 7.95. The number of thiazole rings is 1. The summed E-state index contributed by atoms with van der Waals surface area (Å²) >= 11 is 1.45. The average Bonchev–Trinajstić information content (AvgIpc) is 3.54. The smallest absolute Gasteiger partial charge is 0.352 e. The van der Waals surface area contributed by atoms with Gasteiger partial charge in [-0.05, 0) is 44.0 Å². The maximum atomic E-state index is 12.8. The van der Waals surface area contributed by atoms with Gasteiger partial charge in [-0.2, -0.15) is 4.98 Å². The summed E-state index contributed by atoms with van der Waals surface area (Å²) in [6, 6.07) is 6.33. The predicted octanol–water partition coefficient (Wildman–Crippen LogP) is 1.92. The van der Waals surface area contributed by atoms with E-state index in [0.29, 0.717) is 27.2 Å². The topological polar surface area (TPSA) is 124 Å². The predicted molar refractivity (Wildman–Crippen MR) is 123 cm³/mol. The number of aromatic nitrogens is 5. The van der Waals surface area contributed by atoms with Gasteiger partial charge in [0.15, 0.2) is 16.4 Å². The Morgan fingerprint density at radius 2 is 1.94 bits per heavy atom. The number of anilines is 2. The molecule has 1 aromatic carbocycles. The van der Waals surface area contributed by atoms with Gasteiger partial charge in [-0.25, -0.2) is 23.7 Å². The fraction of sp³-hybridized carbons (Fsp3) is 0.333. The van der Waals surface area contributed by atoms with Crippen molar-refractivity contribution in [2.75, 3.05) is 29.9 Å². The van der Waals surface area contributed by atoms with Crippen LogP contribution in [-0.4, -0.2) is 55.7 Å². The lowest BCUT2D eigenvalue weighted by molar-refractivity contribution is -0.117. The van der Waals surface area contributed by atoms with E-state index < -0.39 is 17.6 Å². The number of esters is 1. The Balaban J connectivity index is 1.35. The molecule has 0 unspecified atom stereocenters. The van der Waals surface area contributed by atoms with Gasteiger partial charge in [0.1, 0.15) is 17.6 Å². The molecule has 0 atom stereocenters. The average molecular weight is 468 g/mol. The van der Waals surface area contributed by atoms with Crippen molar-refractivity contribution in [3.63, 3.8) is 0 Å². The van der Waals surface area contributed by atoms with Crippen LogP contribution in [0.3, 0.4) is 0 Å². The maximum Gasteiger partial charge on any atom is 0.352 e. The zero-order chi connectivity index (χ0) is 22.9. The van der Waals surface area contributed by atoms with E-state index in [-0.39, 0.29) is 13.2 Å². The van der Waals surface area contributed by atoms with Gasteiger partial charge in [-0.3, -0.25) is 4.79 Å². The first-order chi connectivity index (χ1) is 16.0. The Labute approximate surface area is 191 Å². The lowest BCUT2D eigenvalue weighted by atomic mass is 10.2. The SMILES string of the molecule is CCOC(=O)c1ccc(NC(=O)Cn2nc3c4sc(N5CCCC5)nc4ncn3c2=O)cc1. The number of hydrogen-bond donors (Lipinski definition) is 1. The number of rotatable bonds is 6. The summed E-state index contributed by atoms with van der Waals surface area (Å²) in [4.78, 5) is 48.1. The largest absolute Gasteiger partial charge is 0.462 e. The van der Waals surface area contributed by atoms with Crippen molar-refractivity contribution in [1.29, 1.82) is 0 Å². The van der Waals surface area contributed by atoms with Crippen LogP contribution < -0.4 is 15.9 Å². The summed E-state index contributed by atoms with van der Waals surface area (Å²) in [5.74, 6) is -0.849. The molecule has 4 heterocycles. The lowest BCUT2D eigenvalue weighted by Gasteiger charge is -2.11. The van der Waals surface area contributed by atoms with E-state index in [4.69, 9.17) is 4.74 Å². The maximum absolute atomic E-state index is 12.8. The number of fused-ring (bicyclic) bond motifs is 3. The minimum Gasteiger partial charge on any atom is -0.462 e. The Kier molecular flexibility index (Phi) is 5.50. The Bertz CT molecular complexity index is 1400. The molecule has 5 rings (SSSR count). The monoisotopic (exact) mass is 467 g/mol. The second-order valence-corrected chi connectivity index (χ2v) is 8.55. The van der Waals surface area contributed by atoms with Crippen LogP contribution in [0, 0.1) is 0 Å². The fourth-order valence-corrected chi connectivity index (χ4v) is 4.76. The molecule has 0 aliphatic carbocycles. The molecule has 0 bridgehead atoms. The first kappa shape index (κ1) is 21.1. The van der Waals surface area contributed by atoms with E-state index >= 15 is 0 Å². The molecule has 1 aliphatic rings. The Hall–Kier alpha value is -3.80. The lowest BCUT2D eigenvalue weighted by Crippen LogP contribution is -2.28. The van der Waals surface area contributed by atoms with Crippen LogP contribution in [0.4, 0.5) is 10.8 Å². The molecule has 170 valence electrons. The molecule has 0 radical (unpaired) electrons. The van der Waals surface area contributed by atoms with Crippen molar-refractivity contribution < 1.29 is 14.3 Å². The Morgan fingerprint density at radius 3 is 2.67 bits per heavy atom. The van der Waals surface area contributed by atoms with Crippen LogP contribution in [0.1, 0.15) is 30.1 Å². The van der Waals surface area contributed by atoms with Crippen LogP contribution in [0.25, 0.3) is 16.0 Å². The highest BCUT2D eigenvalue weighted by atomic mass is 32.1. The van der Waals surface area contributed by atoms with E-state index in [1.165, 1.54) is 22.1 Å². The number of carbonyl (C=O) groups excluding carboxylic acids is 2. The van der Waals surface area contributed by atoms with Crippen molar-refractivity contribution >= 4 is 50.0 Å². The highest BCUT2D eigenvalue weighted by Gasteiger charge is 2.20. The van der Waals surface area contributed by atoms with Gasteiger partial charge in [0, 0.05) is 18.8 Å². The summed E-state index contributed by atoms with van der Waals surface area (Å²) in [6.07, 6.45) is 3.66. The van der Waals surface area contributed by atoms with Gasteiger partial charge in [0.2, 0.25) is 5.91 Å². The number of nitrogens with one attached hydrogen (secondary N) is 1. The molecule has 33 heavy (non-hydrogen) atoms. The van der Waals surface area contributed by atoms with Gasteiger partial charge in [0.25, 0.3) is 0 Å². The van der Waals surface area contributed by atoms with Gasteiger partial charge in [-0.15, -0.1) is 5.10 Å². The van der Waals surface area contributed by atoms with Crippen LogP contribution in [0.2, 0.25) is 0 Å². The first-order valence-corrected chi connectivity index (χ1v) is 11.4. The standard InChI is InChI=1S/C21H21N7O4S/c1-2-32-19(30)13-5-7-14(8-6-13)23-15(29)11-28-21(31)27-12-22-17-16(18(27)25-28)33-20(24-17)26-9-3-4-10-26/h5-8,12H,2-4,9-11H2,1H3,(H,23,29). The third-order valence-electron chi connectivity index (χ3n) is 5.32. The van der Waals surface area contributed by atoms with E-state index in [0.717, 1.165) is 35.7 Å². The fourth-order valence-electron chi connectivity index (χ4n) is 3.71. The van der Waals surface area contributed by atoms with Crippen LogP contribution in [-0.2, 0) is 16.1 Å². The quantitative estimate of drug-likeness (QED) is 0.427. The van der Waals surface area contributed by atoms with Gasteiger partial charge < -0.3 is 15.0 Å². The third-order valence-corrected chi connectivity index (χ3v) is 6.42. The highest BCUT2D eigenvalue weighted by molar-refractivity contribution is 7.22. The van der Waals surface area contributed by atoms with Crippen molar-refractivity contribution in [2.24, 2.45) is 0 Å². The normalized spacial score (nSPS) is 13.7. The number of nitrogens with zero attached hydrogens (tertiary/aromatic N) is 6. The second kappa shape index (κ2) is 8.62. The number of hydrogen-bond acceptors (Lipinski definition) is 9. The molecule has 1 saturated heterocycles. The zero-order valence-corrected chi connectivity index (χ0v) is 18.7. The first-order valence-electron chi connectivity index (χ1n) is 10.6. The molecule has 1 N–H and O–H groups in total. The van der Waals surface area contributed by atoms with Crippen molar-refractivity contribution in [3.05, 3.63) is 46.6 Å². The summed E-state index contributed by atoms with van der Waals surface area (Å²) in [6.45, 7) is 3.67. The summed E-state index contributed by atoms with van der Waals surface area (Å²) in [5.41, 5.74) is 1.40. The summed E-state index contributed by atoms with van der Waals surface area (Å²) in [7, 11) is 0. The van der Waals surface area contributed by atoms with Crippen molar-refractivity contribution in [1.82, 2.24) is 24.1 Å². The van der Waals surface area contributed by atoms with E-state index in [1.54, 1.807) is 31.2 Å². The molecule has 1 aliphatic heterocycles. The molecule has 12 heteroatoms. The minimum absolute atomic E-state index is 0.264. The number of carbonyl (C=O) groups is 2. The highest BCUT2D eigenvalue weighted by Crippen LogP contribution is 2.31. The second-order valence-electron chi connectivity index (χ2n) is 7.57. The van der Waals surface area contributed by atoms with Gasteiger partial charge in [-0.1, -0.05) is 11.3 Å². The third kappa shape index (κ3) is 4.04. The van der Waals surface area contributed by atoms with Crippen LogP contribution >= 0.6 is 11.3 Å². The zero-order valence-electron chi connectivity index (χ0n) is 17.9. The van der Waals surface area contributed by atoms with E-state index in [1.807, 2.05) is 0 Å². The molecule has 0 spiro atoms. The number of ether oxygens (including phenoxy) is 1. The molecule has 11 nitrogen and oxygen atoms in total. The van der Waals surface area contributed by atoms with Gasteiger partial charge >= 0.3 is 11.7 Å². The van der Waals surface area contributed by atoms with Crippen molar-refractivity contribution in [2.45, 2.75) is 26.3 Å². The molecule has 3 aromatic heterocycles. The molecule has 1 fully saturated rings. The number of amides is 1.